The standard InChI is InChI=1S/C18H24N/c1-19(2,3)15-14-18(16-10-6-4-7-11-16)17-12-8-5-9-13-17/h4-13,18H,14-15H2,1-3H3/q+1. The molecule has 0 aliphatic carbocycles. The molecule has 0 saturated carbocycles. The van der Waals surface area contributed by atoms with Gasteiger partial charge in [0.05, 0.1) is 27.7 Å². The summed E-state index contributed by atoms with van der Waals surface area (Å²) in [7, 11) is 6.77. The molecule has 0 aromatic heterocycles. The van der Waals surface area contributed by atoms with Gasteiger partial charge in [-0.25, -0.2) is 0 Å². The maximum atomic E-state index is 2.26. The molecule has 0 saturated heterocycles. The maximum absolute atomic E-state index is 2.26. The lowest BCUT2D eigenvalue weighted by Gasteiger charge is -2.27. The molecule has 0 fully saturated rings. The van der Waals surface area contributed by atoms with Crippen molar-refractivity contribution in [3.8, 4) is 0 Å². The van der Waals surface area contributed by atoms with Gasteiger partial charge in [-0.15, -0.1) is 0 Å². The molecule has 19 heavy (non-hydrogen) atoms. The molecule has 1 nitrogen and oxygen atoms in total. The number of hydrogen-bond acceptors (Lipinski definition) is 0. The summed E-state index contributed by atoms with van der Waals surface area (Å²) in [6.07, 6.45) is 1.18. The Labute approximate surface area is 117 Å². The lowest BCUT2D eigenvalue weighted by atomic mass is 9.88. The minimum absolute atomic E-state index is 0.500. The van der Waals surface area contributed by atoms with E-state index in [0.29, 0.717) is 5.92 Å². The van der Waals surface area contributed by atoms with Gasteiger partial charge in [-0.2, -0.15) is 0 Å². The highest BCUT2D eigenvalue weighted by Crippen LogP contribution is 2.28. The first-order valence-corrected chi connectivity index (χ1v) is 6.96. The van der Waals surface area contributed by atoms with Gasteiger partial charge in [0.15, 0.2) is 0 Å². The summed E-state index contributed by atoms with van der Waals surface area (Å²) >= 11 is 0. The summed E-state index contributed by atoms with van der Waals surface area (Å²) < 4.78 is 1.01. The van der Waals surface area contributed by atoms with Crippen molar-refractivity contribution in [2.45, 2.75) is 12.3 Å². The highest BCUT2D eigenvalue weighted by molar-refractivity contribution is 5.32. The van der Waals surface area contributed by atoms with Crippen LogP contribution in [0.3, 0.4) is 0 Å². The van der Waals surface area contributed by atoms with Crippen molar-refractivity contribution in [2.24, 2.45) is 0 Å². The minimum Gasteiger partial charge on any atom is -0.331 e. The predicted molar refractivity (Wildman–Crippen MR) is 82.2 cm³/mol. The van der Waals surface area contributed by atoms with Gasteiger partial charge in [0, 0.05) is 12.3 Å². The molecule has 0 aliphatic heterocycles. The molecule has 0 aliphatic rings. The van der Waals surface area contributed by atoms with E-state index in [4.69, 9.17) is 0 Å². The molecule has 0 heterocycles. The van der Waals surface area contributed by atoms with Crippen LogP contribution in [0.1, 0.15) is 23.5 Å². The van der Waals surface area contributed by atoms with Crippen LogP contribution in [0.4, 0.5) is 0 Å². The second-order valence-corrected chi connectivity index (χ2v) is 6.18. The van der Waals surface area contributed by atoms with Crippen molar-refractivity contribution in [3.05, 3.63) is 71.8 Å². The smallest absolute Gasteiger partial charge is 0.0789 e. The van der Waals surface area contributed by atoms with E-state index in [-0.39, 0.29) is 0 Å². The monoisotopic (exact) mass is 254 g/mol. The molecule has 0 bridgehead atoms. The Morgan fingerprint density at radius 1 is 0.737 bits per heavy atom. The van der Waals surface area contributed by atoms with E-state index >= 15 is 0 Å². The van der Waals surface area contributed by atoms with E-state index in [1.54, 1.807) is 0 Å². The van der Waals surface area contributed by atoms with Crippen LogP contribution >= 0.6 is 0 Å². The van der Waals surface area contributed by atoms with Gasteiger partial charge < -0.3 is 4.48 Å². The lowest BCUT2D eigenvalue weighted by Crippen LogP contribution is -2.36. The quantitative estimate of drug-likeness (QED) is 0.710. The minimum atomic E-state index is 0.500. The Hall–Kier alpha value is -1.60. The van der Waals surface area contributed by atoms with Crippen LogP contribution in [0.15, 0.2) is 60.7 Å². The number of benzene rings is 2. The number of hydrogen-bond donors (Lipinski definition) is 0. The van der Waals surface area contributed by atoms with Crippen molar-refractivity contribution in [1.82, 2.24) is 0 Å². The zero-order valence-electron chi connectivity index (χ0n) is 12.2. The van der Waals surface area contributed by atoms with Gasteiger partial charge in [-0.3, -0.25) is 0 Å². The van der Waals surface area contributed by atoms with E-state index < -0.39 is 0 Å². The maximum Gasteiger partial charge on any atom is 0.0789 e. The van der Waals surface area contributed by atoms with Crippen molar-refractivity contribution in [3.63, 3.8) is 0 Å². The molecule has 100 valence electrons. The second-order valence-electron chi connectivity index (χ2n) is 6.18. The summed E-state index contributed by atoms with van der Waals surface area (Å²) in [5, 5.41) is 0. The molecule has 0 unspecified atom stereocenters. The SMILES string of the molecule is C[N+](C)(C)CCC(c1ccccc1)c1ccccc1. The van der Waals surface area contributed by atoms with Gasteiger partial charge in [0.1, 0.15) is 0 Å². The third-order valence-corrected chi connectivity index (χ3v) is 3.49. The first-order valence-electron chi connectivity index (χ1n) is 6.96. The molecular weight excluding hydrogens is 230 g/mol. The first kappa shape index (κ1) is 13.8. The van der Waals surface area contributed by atoms with Crippen LogP contribution in [0.5, 0.6) is 0 Å². The molecule has 0 N–H and O–H groups in total. The fourth-order valence-corrected chi connectivity index (χ4v) is 2.41. The molecule has 0 atom stereocenters. The highest BCUT2D eigenvalue weighted by atomic mass is 15.3. The fourth-order valence-electron chi connectivity index (χ4n) is 2.41. The van der Waals surface area contributed by atoms with Crippen LogP contribution < -0.4 is 0 Å². The number of nitrogens with zero attached hydrogens (tertiary/aromatic N) is 1. The van der Waals surface area contributed by atoms with Gasteiger partial charge >= 0.3 is 0 Å². The van der Waals surface area contributed by atoms with Crippen molar-refractivity contribution < 1.29 is 4.48 Å². The molecule has 2 aromatic rings. The molecule has 1 heteroatoms. The average Bonchev–Trinajstić information content (AvgIpc) is 2.40. The summed E-state index contributed by atoms with van der Waals surface area (Å²) in [6.45, 7) is 1.18. The molecule has 0 spiro atoms. The lowest BCUT2D eigenvalue weighted by molar-refractivity contribution is -0.870. The second kappa shape index (κ2) is 6.03. The van der Waals surface area contributed by atoms with Crippen LogP contribution in [-0.2, 0) is 0 Å². The molecule has 0 radical (unpaired) electrons. The largest absolute Gasteiger partial charge is 0.331 e. The van der Waals surface area contributed by atoms with Crippen molar-refractivity contribution in [1.29, 1.82) is 0 Å². The fraction of sp³-hybridized carbons (Fsp3) is 0.333. The van der Waals surface area contributed by atoms with E-state index in [2.05, 4.69) is 81.8 Å². The molecular formula is C18H24N+. The van der Waals surface area contributed by atoms with Crippen molar-refractivity contribution in [2.75, 3.05) is 27.7 Å². The highest BCUT2D eigenvalue weighted by Gasteiger charge is 2.17. The van der Waals surface area contributed by atoms with Gasteiger partial charge in [0.25, 0.3) is 0 Å². The van der Waals surface area contributed by atoms with Crippen LogP contribution in [-0.4, -0.2) is 32.2 Å². The average molecular weight is 254 g/mol. The zero-order chi connectivity index (χ0) is 13.7. The Kier molecular flexibility index (Phi) is 4.39. The van der Waals surface area contributed by atoms with Gasteiger partial charge in [-0.05, 0) is 11.1 Å². The van der Waals surface area contributed by atoms with Crippen LogP contribution in [0.25, 0.3) is 0 Å². The number of quaternary nitrogens is 1. The Bertz CT molecular complexity index is 443. The third kappa shape index (κ3) is 4.22. The van der Waals surface area contributed by atoms with E-state index in [1.165, 1.54) is 24.1 Å². The van der Waals surface area contributed by atoms with E-state index in [1.807, 2.05) is 0 Å². The van der Waals surface area contributed by atoms with E-state index in [9.17, 15) is 0 Å². The Morgan fingerprint density at radius 2 is 1.16 bits per heavy atom. The summed E-state index contributed by atoms with van der Waals surface area (Å²) in [5.74, 6) is 0.500. The summed E-state index contributed by atoms with van der Waals surface area (Å²) in [4.78, 5) is 0. The normalized spacial score (nSPS) is 11.8. The predicted octanol–water partition coefficient (Wildman–Crippen LogP) is 3.91. The summed E-state index contributed by atoms with van der Waals surface area (Å²) in [5.41, 5.74) is 2.84. The Morgan fingerprint density at radius 3 is 1.53 bits per heavy atom. The van der Waals surface area contributed by atoms with Crippen molar-refractivity contribution >= 4 is 0 Å². The first-order chi connectivity index (χ1) is 9.06. The molecule has 2 rings (SSSR count). The zero-order valence-corrected chi connectivity index (χ0v) is 12.2. The van der Waals surface area contributed by atoms with Gasteiger partial charge in [-0.1, -0.05) is 60.7 Å². The Balaban J connectivity index is 2.24. The van der Waals surface area contributed by atoms with Crippen LogP contribution in [0.2, 0.25) is 0 Å². The van der Waals surface area contributed by atoms with E-state index in [0.717, 1.165) is 4.48 Å². The molecule has 2 aromatic carbocycles. The molecule has 0 amide bonds. The number of rotatable bonds is 5. The topological polar surface area (TPSA) is 0 Å². The summed E-state index contributed by atoms with van der Waals surface area (Å²) in [6, 6.07) is 21.7. The third-order valence-electron chi connectivity index (χ3n) is 3.49. The van der Waals surface area contributed by atoms with Crippen LogP contribution in [0, 0.1) is 0 Å². The van der Waals surface area contributed by atoms with Gasteiger partial charge in [0.2, 0.25) is 0 Å².